The van der Waals surface area contributed by atoms with Gasteiger partial charge in [0.05, 0.1) is 7.11 Å². The number of rotatable bonds is 6. The first-order chi connectivity index (χ1) is 11.7. The molecule has 128 valence electrons. The summed E-state index contributed by atoms with van der Waals surface area (Å²) in [6.45, 7) is 2.24. The Hall–Kier alpha value is -2.50. The largest absolute Gasteiger partial charge is 0.497 e. The molecule has 0 radical (unpaired) electrons. The van der Waals surface area contributed by atoms with Gasteiger partial charge in [0, 0.05) is 50.2 Å². The van der Waals surface area contributed by atoms with Crippen LogP contribution < -0.4 is 10.1 Å². The fourth-order valence-electron chi connectivity index (χ4n) is 3.05. The topological polar surface area (TPSA) is 59.4 Å². The van der Waals surface area contributed by atoms with Gasteiger partial charge in [-0.1, -0.05) is 0 Å². The molecule has 1 aliphatic heterocycles. The molecule has 1 unspecified atom stereocenters. The maximum Gasteiger partial charge on any atom is 0.224 e. The molecule has 1 fully saturated rings. The third-order valence-electron chi connectivity index (χ3n) is 4.35. The molecule has 1 aromatic heterocycles. The highest BCUT2D eigenvalue weighted by atomic mass is 16.5. The summed E-state index contributed by atoms with van der Waals surface area (Å²) < 4.78 is 6.98. The van der Waals surface area contributed by atoms with Crippen molar-refractivity contribution in [3.8, 4) is 5.75 Å². The molecule has 0 aliphatic carbocycles. The molecule has 1 saturated heterocycles. The monoisotopic (exact) mass is 328 g/mol. The second-order valence-electron chi connectivity index (χ2n) is 6.07. The summed E-state index contributed by atoms with van der Waals surface area (Å²) in [5.74, 6) is 1.05. The lowest BCUT2D eigenvalue weighted by molar-refractivity contribution is -0.132. The molecule has 3 rings (SSSR count). The van der Waals surface area contributed by atoms with Crippen LogP contribution in [0.1, 0.15) is 19.3 Å². The number of nitrogens with zero attached hydrogens (tertiary/aromatic N) is 3. The summed E-state index contributed by atoms with van der Waals surface area (Å²) in [6, 6.07) is 10.1. The SMILES string of the molecule is COc1ccc(NC2CCCN(C(=O)CCn3cccn3)C2)cc1. The second kappa shape index (κ2) is 7.86. The molecule has 1 N–H and O–H groups in total. The Morgan fingerprint density at radius 3 is 2.92 bits per heavy atom. The van der Waals surface area contributed by atoms with Gasteiger partial charge >= 0.3 is 0 Å². The number of aromatic nitrogens is 2. The second-order valence-corrected chi connectivity index (χ2v) is 6.07. The third kappa shape index (κ3) is 4.28. The first kappa shape index (κ1) is 16.4. The summed E-state index contributed by atoms with van der Waals surface area (Å²) in [7, 11) is 1.66. The number of nitrogens with one attached hydrogen (secondary N) is 1. The summed E-state index contributed by atoms with van der Waals surface area (Å²) >= 11 is 0. The van der Waals surface area contributed by atoms with E-state index in [-0.39, 0.29) is 5.91 Å². The Labute approximate surface area is 142 Å². The zero-order chi connectivity index (χ0) is 16.8. The predicted octanol–water partition coefficient (Wildman–Crippen LogP) is 2.38. The van der Waals surface area contributed by atoms with E-state index < -0.39 is 0 Å². The Kier molecular flexibility index (Phi) is 5.36. The molecule has 1 aliphatic rings. The van der Waals surface area contributed by atoms with E-state index in [2.05, 4.69) is 10.4 Å². The van der Waals surface area contributed by atoms with Crippen LogP contribution in [0.25, 0.3) is 0 Å². The van der Waals surface area contributed by atoms with Crippen LogP contribution in [0.15, 0.2) is 42.7 Å². The van der Waals surface area contributed by atoms with Crippen molar-refractivity contribution in [3.63, 3.8) is 0 Å². The lowest BCUT2D eigenvalue weighted by atomic mass is 10.0. The zero-order valence-electron chi connectivity index (χ0n) is 14.0. The molecule has 1 aromatic carbocycles. The fraction of sp³-hybridized carbons (Fsp3) is 0.444. The summed E-state index contributed by atoms with van der Waals surface area (Å²) in [4.78, 5) is 14.4. The van der Waals surface area contributed by atoms with Crippen molar-refractivity contribution in [3.05, 3.63) is 42.7 Å². The van der Waals surface area contributed by atoms with E-state index in [1.54, 1.807) is 18.0 Å². The molecule has 1 amide bonds. The first-order valence-electron chi connectivity index (χ1n) is 8.40. The van der Waals surface area contributed by atoms with Gasteiger partial charge < -0.3 is 15.0 Å². The van der Waals surface area contributed by atoms with Crippen LogP contribution in [0.4, 0.5) is 5.69 Å². The molecule has 24 heavy (non-hydrogen) atoms. The Morgan fingerprint density at radius 1 is 1.38 bits per heavy atom. The van der Waals surface area contributed by atoms with E-state index in [9.17, 15) is 4.79 Å². The molecule has 0 saturated carbocycles. The van der Waals surface area contributed by atoms with Crippen molar-refractivity contribution >= 4 is 11.6 Å². The predicted molar refractivity (Wildman–Crippen MR) is 93.1 cm³/mol. The van der Waals surface area contributed by atoms with Crippen molar-refractivity contribution in [1.29, 1.82) is 0 Å². The number of likely N-dealkylation sites (tertiary alicyclic amines) is 1. The van der Waals surface area contributed by atoms with Gasteiger partial charge in [-0.05, 0) is 43.2 Å². The van der Waals surface area contributed by atoms with Gasteiger partial charge in [-0.25, -0.2) is 0 Å². The average Bonchev–Trinajstić information content (AvgIpc) is 3.14. The number of aryl methyl sites for hydroxylation is 1. The van der Waals surface area contributed by atoms with Crippen molar-refractivity contribution in [1.82, 2.24) is 14.7 Å². The van der Waals surface area contributed by atoms with Crippen LogP contribution in [0, 0.1) is 0 Å². The Balaban J connectivity index is 1.50. The molecule has 1 atom stereocenters. The van der Waals surface area contributed by atoms with Crippen LogP contribution in [0.3, 0.4) is 0 Å². The van der Waals surface area contributed by atoms with Crippen molar-refractivity contribution in [2.75, 3.05) is 25.5 Å². The Bertz CT molecular complexity index is 640. The molecule has 0 bridgehead atoms. The van der Waals surface area contributed by atoms with Gasteiger partial charge in [-0.15, -0.1) is 0 Å². The van der Waals surface area contributed by atoms with Crippen LogP contribution in [-0.4, -0.2) is 46.8 Å². The van der Waals surface area contributed by atoms with Crippen LogP contribution >= 0.6 is 0 Å². The van der Waals surface area contributed by atoms with Gasteiger partial charge in [0.1, 0.15) is 5.75 Å². The van der Waals surface area contributed by atoms with Gasteiger partial charge in [0.2, 0.25) is 5.91 Å². The summed E-state index contributed by atoms with van der Waals surface area (Å²) in [5.41, 5.74) is 1.06. The number of carbonyl (C=O) groups excluding carboxylic acids is 1. The van der Waals surface area contributed by atoms with E-state index in [4.69, 9.17) is 4.74 Å². The molecule has 2 aromatic rings. The van der Waals surface area contributed by atoms with E-state index in [1.165, 1.54) is 0 Å². The number of methoxy groups -OCH3 is 1. The van der Waals surface area contributed by atoms with Gasteiger partial charge in [0.25, 0.3) is 0 Å². The van der Waals surface area contributed by atoms with Crippen LogP contribution in [0.5, 0.6) is 5.75 Å². The van der Waals surface area contributed by atoms with E-state index >= 15 is 0 Å². The van der Waals surface area contributed by atoms with Crippen molar-refractivity contribution < 1.29 is 9.53 Å². The maximum atomic E-state index is 12.4. The summed E-state index contributed by atoms with van der Waals surface area (Å²) in [6.07, 6.45) is 6.23. The number of amides is 1. The molecule has 2 heterocycles. The van der Waals surface area contributed by atoms with E-state index in [0.717, 1.165) is 37.4 Å². The minimum atomic E-state index is 0.201. The number of anilines is 1. The number of hydrogen-bond acceptors (Lipinski definition) is 4. The molecular formula is C18H24N4O2. The lowest BCUT2D eigenvalue weighted by Crippen LogP contribution is -2.45. The zero-order valence-corrected chi connectivity index (χ0v) is 14.0. The van der Waals surface area contributed by atoms with Crippen molar-refractivity contribution in [2.45, 2.75) is 31.8 Å². The minimum Gasteiger partial charge on any atom is -0.497 e. The molecular weight excluding hydrogens is 304 g/mol. The van der Waals surface area contributed by atoms with Gasteiger partial charge in [-0.2, -0.15) is 5.10 Å². The molecule has 6 nitrogen and oxygen atoms in total. The normalized spacial score (nSPS) is 17.5. The van der Waals surface area contributed by atoms with Crippen LogP contribution in [0.2, 0.25) is 0 Å². The highest BCUT2D eigenvalue weighted by Crippen LogP contribution is 2.19. The fourth-order valence-corrected chi connectivity index (χ4v) is 3.05. The minimum absolute atomic E-state index is 0.201. The highest BCUT2D eigenvalue weighted by molar-refractivity contribution is 5.76. The Morgan fingerprint density at radius 2 is 2.21 bits per heavy atom. The molecule has 0 spiro atoms. The van der Waals surface area contributed by atoms with E-state index in [1.807, 2.05) is 41.4 Å². The standard InChI is InChI=1S/C18H24N4O2/c1-24-17-7-5-15(6-8-17)20-16-4-2-11-21(14-16)18(23)9-13-22-12-3-10-19-22/h3,5-8,10,12,16,20H,2,4,9,11,13-14H2,1H3. The quantitative estimate of drug-likeness (QED) is 0.884. The summed E-state index contributed by atoms with van der Waals surface area (Å²) in [5, 5.41) is 7.66. The van der Waals surface area contributed by atoms with Crippen molar-refractivity contribution in [2.24, 2.45) is 0 Å². The number of ether oxygens (including phenoxy) is 1. The number of benzene rings is 1. The third-order valence-corrected chi connectivity index (χ3v) is 4.35. The number of carbonyl (C=O) groups is 1. The smallest absolute Gasteiger partial charge is 0.224 e. The highest BCUT2D eigenvalue weighted by Gasteiger charge is 2.23. The van der Waals surface area contributed by atoms with E-state index in [0.29, 0.717) is 19.0 Å². The number of piperidine rings is 1. The van der Waals surface area contributed by atoms with Gasteiger partial charge in [0.15, 0.2) is 0 Å². The lowest BCUT2D eigenvalue weighted by Gasteiger charge is -2.33. The number of hydrogen-bond donors (Lipinski definition) is 1. The maximum absolute atomic E-state index is 12.4. The van der Waals surface area contributed by atoms with Crippen LogP contribution in [-0.2, 0) is 11.3 Å². The van der Waals surface area contributed by atoms with Gasteiger partial charge in [-0.3, -0.25) is 9.48 Å². The first-order valence-corrected chi connectivity index (χ1v) is 8.40. The molecule has 6 heteroatoms. The average molecular weight is 328 g/mol.